The standard InChI is InChI=1S/C18H15BrO3/c1-22-18-5-3-2-4-14(18)8-10-15(20)9-6-13-7-11-17(21)16(19)12-13/h2-12,21H,1H3/b9-6+,10-8+. The van der Waals surface area contributed by atoms with Crippen LogP contribution < -0.4 is 4.74 Å². The minimum absolute atomic E-state index is 0.130. The summed E-state index contributed by atoms with van der Waals surface area (Å²) in [5.74, 6) is 0.757. The molecule has 1 N–H and O–H groups in total. The molecule has 0 saturated carbocycles. The fourth-order valence-corrected chi connectivity index (χ4v) is 2.23. The van der Waals surface area contributed by atoms with Gasteiger partial charge in [0.1, 0.15) is 11.5 Å². The van der Waals surface area contributed by atoms with Crippen molar-refractivity contribution < 1.29 is 14.6 Å². The third-order valence-electron chi connectivity index (χ3n) is 2.98. The quantitative estimate of drug-likeness (QED) is 0.802. The highest BCUT2D eigenvalue weighted by atomic mass is 79.9. The summed E-state index contributed by atoms with van der Waals surface area (Å²) in [6, 6.07) is 12.5. The van der Waals surface area contributed by atoms with Gasteiger partial charge in [-0.2, -0.15) is 0 Å². The SMILES string of the molecule is COc1ccccc1/C=C/C(=O)/C=C/c1ccc(O)c(Br)c1. The molecule has 22 heavy (non-hydrogen) atoms. The summed E-state index contributed by atoms with van der Waals surface area (Å²) in [7, 11) is 1.59. The van der Waals surface area contributed by atoms with Crippen LogP contribution in [0.15, 0.2) is 59.1 Å². The molecule has 0 fully saturated rings. The maximum Gasteiger partial charge on any atom is 0.178 e. The second kappa shape index (κ2) is 7.61. The Bertz CT molecular complexity index is 733. The van der Waals surface area contributed by atoms with Crippen LogP contribution >= 0.6 is 15.9 Å². The van der Waals surface area contributed by atoms with E-state index in [1.807, 2.05) is 24.3 Å². The van der Waals surface area contributed by atoms with E-state index in [1.165, 1.54) is 12.2 Å². The Labute approximate surface area is 137 Å². The second-order valence-corrected chi connectivity index (χ2v) is 5.38. The number of methoxy groups -OCH3 is 1. The van der Waals surface area contributed by atoms with Crippen molar-refractivity contribution in [3.8, 4) is 11.5 Å². The van der Waals surface area contributed by atoms with Crippen molar-refractivity contribution in [1.82, 2.24) is 0 Å². The number of halogens is 1. The highest BCUT2D eigenvalue weighted by Gasteiger charge is 1.99. The van der Waals surface area contributed by atoms with Crippen LogP contribution in [0.4, 0.5) is 0 Å². The highest BCUT2D eigenvalue weighted by molar-refractivity contribution is 9.10. The number of carbonyl (C=O) groups excluding carboxylic acids is 1. The minimum Gasteiger partial charge on any atom is -0.507 e. The second-order valence-electron chi connectivity index (χ2n) is 4.52. The molecule has 2 rings (SSSR count). The molecule has 0 heterocycles. The third kappa shape index (κ3) is 4.33. The fraction of sp³-hybridized carbons (Fsp3) is 0.0556. The number of allylic oxidation sites excluding steroid dienone is 2. The molecule has 0 amide bonds. The summed E-state index contributed by atoms with van der Waals surface area (Å²) in [6.45, 7) is 0. The summed E-state index contributed by atoms with van der Waals surface area (Å²) in [5, 5.41) is 9.42. The number of ether oxygens (including phenoxy) is 1. The molecule has 2 aromatic carbocycles. The van der Waals surface area contributed by atoms with Gasteiger partial charge < -0.3 is 9.84 Å². The van der Waals surface area contributed by atoms with Crippen molar-refractivity contribution in [2.45, 2.75) is 0 Å². The number of rotatable bonds is 5. The molecule has 0 aliphatic rings. The molecular weight excluding hydrogens is 344 g/mol. The Hall–Kier alpha value is -2.33. The predicted octanol–water partition coefficient (Wildman–Crippen LogP) is 4.46. The van der Waals surface area contributed by atoms with E-state index in [-0.39, 0.29) is 11.5 Å². The molecule has 0 spiro atoms. The van der Waals surface area contributed by atoms with Gasteiger partial charge in [-0.15, -0.1) is 0 Å². The molecule has 112 valence electrons. The molecule has 0 radical (unpaired) electrons. The Morgan fingerprint density at radius 2 is 1.86 bits per heavy atom. The number of phenolic OH excluding ortho intramolecular Hbond substituents is 1. The molecule has 0 aliphatic carbocycles. The molecule has 3 nitrogen and oxygen atoms in total. The van der Waals surface area contributed by atoms with Crippen molar-refractivity contribution >= 4 is 33.9 Å². The first-order valence-electron chi connectivity index (χ1n) is 6.62. The number of ketones is 1. The Morgan fingerprint density at radius 3 is 2.59 bits per heavy atom. The van der Waals surface area contributed by atoms with E-state index in [1.54, 1.807) is 37.5 Å². The van der Waals surface area contributed by atoms with Crippen molar-refractivity contribution in [3.05, 3.63) is 70.2 Å². The Kier molecular flexibility index (Phi) is 5.55. The van der Waals surface area contributed by atoms with Crippen LogP contribution in [0.2, 0.25) is 0 Å². The topological polar surface area (TPSA) is 46.5 Å². The molecule has 0 saturated heterocycles. The fourth-order valence-electron chi connectivity index (χ4n) is 1.84. The monoisotopic (exact) mass is 358 g/mol. The normalized spacial score (nSPS) is 11.2. The number of hydrogen-bond acceptors (Lipinski definition) is 3. The van der Waals surface area contributed by atoms with E-state index >= 15 is 0 Å². The number of carbonyl (C=O) groups is 1. The molecule has 0 unspecified atom stereocenters. The van der Waals surface area contributed by atoms with Gasteiger partial charge in [0, 0.05) is 5.56 Å². The van der Waals surface area contributed by atoms with Gasteiger partial charge in [0.25, 0.3) is 0 Å². The van der Waals surface area contributed by atoms with E-state index in [4.69, 9.17) is 4.74 Å². The Balaban J connectivity index is 2.07. The van der Waals surface area contributed by atoms with E-state index in [0.29, 0.717) is 4.47 Å². The zero-order valence-corrected chi connectivity index (χ0v) is 13.6. The van der Waals surface area contributed by atoms with Gasteiger partial charge in [-0.1, -0.05) is 30.3 Å². The predicted molar refractivity (Wildman–Crippen MR) is 91.9 cm³/mol. The first kappa shape index (κ1) is 16.0. The summed E-state index contributed by atoms with van der Waals surface area (Å²) in [6.07, 6.45) is 6.38. The van der Waals surface area contributed by atoms with Crippen LogP contribution in [-0.2, 0) is 4.79 Å². The van der Waals surface area contributed by atoms with Crippen LogP contribution in [-0.4, -0.2) is 18.0 Å². The number of benzene rings is 2. The first-order chi connectivity index (χ1) is 10.6. The lowest BCUT2D eigenvalue weighted by Gasteiger charge is -2.02. The largest absolute Gasteiger partial charge is 0.507 e. The molecule has 2 aromatic rings. The molecule has 0 atom stereocenters. The van der Waals surface area contributed by atoms with Gasteiger partial charge in [-0.25, -0.2) is 0 Å². The van der Waals surface area contributed by atoms with E-state index in [0.717, 1.165) is 16.9 Å². The zero-order valence-electron chi connectivity index (χ0n) is 12.0. The number of hydrogen-bond donors (Lipinski definition) is 1. The summed E-state index contributed by atoms with van der Waals surface area (Å²) in [5.41, 5.74) is 1.67. The third-order valence-corrected chi connectivity index (χ3v) is 3.61. The smallest absolute Gasteiger partial charge is 0.178 e. The molecular formula is C18H15BrO3. The lowest BCUT2D eigenvalue weighted by molar-refractivity contribution is -0.110. The summed E-state index contributed by atoms with van der Waals surface area (Å²) in [4.78, 5) is 11.9. The average Bonchev–Trinajstić information content (AvgIpc) is 2.54. The van der Waals surface area contributed by atoms with Gasteiger partial charge in [-0.05, 0) is 57.9 Å². The molecule has 4 heteroatoms. The van der Waals surface area contributed by atoms with Gasteiger partial charge in [-0.3, -0.25) is 4.79 Å². The lowest BCUT2D eigenvalue weighted by atomic mass is 10.1. The summed E-state index contributed by atoms with van der Waals surface area (Å²) >= 11 is 3.23. The van der Waals surface area contributed by atoms with Crippen LogP contribution in [0.25, 0.3) is 12.2 Å². The maximum atomic E-state index is 11.9. The van der Waals surface area contributed by atoms with E-state index in [9.17, 15) is 9.90 Å². The Morgan fingerprint density at radius 1 is 1.14 bits per heavy atom. The number of aromatic hydroxyl groups is 1. The maximum absolute atomic E-state index is 11.9. The van der Waals surface area contributed by atoms with E-state index < -0.39 is 0 Å². The van der Waals surface area contributed by atoms with Gasteiger partial charge in [0.05, 0.1) is 11.6 Å². The van der Waals surface area contributed by atoms with Crippen LogP contribution in [0, 0.1) is 0 Å². The number of phenols is 1. The van der Waals surface area contributed by atoms with Crippen molar-refractivity contribution in [1.29, 1.82) is 0 Å². The van der Waals surface area contributed by atoms with Crippen molar-refractivity contribution in [2.24, 2.45) is 0 Å². The van der Waals surface area contributed by atoms with Crippen LogP contribution in [0.5, 0.6) is 11.5 Å². The van der Waals surface area contributed by atoms with Crippen molar-refractivity contribution in [2.75, 3.05) is 7.11 Å². The van der Waals surface area contributed by atoms with Crippen molar-refractivity contribution in [3.63, 3.8) is 0 Å². The van der Waals surface area contributed by atoms with Gasteiger partial charge >= 0.3 is 0 Å². The summed E-state index contributed by atoms with van der Waals surface area (Å²) < 4.78 is 5.81. The van der Waals surface area contributed by atoms with Crippen LogP contribution in [0.3, 0.4) is 0 Å². The molecule has 0 aromatic heterocycles. The highest BCUT2D eigenvalue weighted by Crippen LogP contribution is 2.24. The molecule has 0 bridgehead atoms. The van der Waals surface area contributed by atoms with Gasteiger partial charge in [0.2, 0.25) is 0 Å². The first-order valence-corrected chi connectivity index (χ1v) is 7.41. The van der Waals surface area contributed by atoms with E-state index in [2.05, 4.69) is 15.9 Å². The van der Waals surface area contributed by atoms with Crippen LogP contribution in [0.1, 0.15) is 11.1 Å². The lowest BCUT2D eigenvalue weighted by Crippen LogP contribution is -1.88. The van der Waals surface area contributed by atoms with Gasteiger partial charge in [0.15, 0.2) is 5.78 Å². The molecule has 0 aliphatic heterocycles. The zero-order chi connectivity index (χ0) is 15.9. The number of para-hydroxylation sites is 1. The minimum atomic E-state index is -0.130. The average molecular weight is 359 g/mol.